The van der Waals surface area contributed by atoms with Crippen molar-refractivity contribution in [2.45, 2.75) is 76.7 Å². The third-order valence-corrected chi connectivity index (χ3v) is 7.20. The number of hydrogen-bond donors (Lipinski definition) is 0. The lowest BCUT2D eigenvalue weighted by Gasteiger charge is -2.47. The van der Waals surface area contributed by atoms with Crippen LogP contribution in [0.4, 0.5) is 0 Å². The van der Waals surface area contributed by atoms with Gasteiger partial charge in [0.25, 0.3) is 0 Å². The molecule has 0 aromatic heterocycles. The summed E-state index contributed by atoms with van der Waals surface area (Å²) in [5.41, 5.74) is 1.36. The molecule has 0 amide bonds. The fourth-order valence-corrected chi connectivity index (χ4v) is 5.37. The molecule has 2 aromatic carbocycles. The second-order valence-electron chi connectivity index (χ2n) is 10.1. The molecule has 1 aliphatic carbocycles. The number of hydrogen-bond acceptors (Lipinski definition) is 5. The summed E-state index contributed by atoms with van der Waals surface area (Å²) in [6, 6.07) is 20.5. The van der Waals surface area contributed by atoms with Crippen molar-refractivity contribution in [3.63, 3.8) is 0 Å². The van der Waals surface area contributed by atoms with Gasteiger partial charge >= 0.3 is 0 Å². The fourth-order valence-electron chi connectivity index (χ4n) is 5.37. The minimum absolute atomic E-state index is 0.188. The highest BCUT2D eigenvalue weighted by Crippen LogP contribution is 2.55. The first-order chi connectivity index (χ1) is 15.9. The summed E-state index contributed by atoms with van der Waals surface area (Å²) in [7, 11) is 0. The summed E-state index contributed by atoms with van der Waals surface area (Å²) in [6.07, 6.45) is 5.13. The van der Waals surface area contributed by atoms with E-state index in [9.17, 15) is 0 Å². The van der Waals surface area contributed by atoms with Crippen LogP contribution in [0.1, 0.15) is 44.7 Å². The van der Waals surface area contributed by atoms with Crippen LogP contribution in [0.3, 0.4) is 0 Å². The van der Waals surface area contributed by atoms with Gasteiger partial charge in [-0.25, -0.2) is 0 Å². The van der Waals surface area contributed by atoms with Gasteiger partial charge in [-0.3, -0.25) is 0 Å². The van der Waals surface area contributed by atoms with Gasteiger partial charge in [0.1, 0.15) is 17.8 Å². The quantitative estimate of drug-likeness (QED) is 0.505. The smallest absolute Gasteiger partial charge is 0.190 e. The maximum Gasteiger partial charge on any atom is 0.190 e. The van der Waals surface area contributed by atoms with Crippen molar-refractivity contribution < 1.29 is 23.7 Å². The zero-order valence-electron chi connectivity index (χ0n) is 19.7. The van der Waals surface area contributed by atoms with E-state index < -0.39 is 17.7 Å². The predicted molar refractivity (Wildman–Crippen MR) is 125 cm³/mol. The van der Waals surface area contributed by atoms with Crippen LogP contribution in [-0.4, -0.2) is 36.5 Å². The summed E-state index contributed by atoms with van der Waals surface area (Å²) in [4.78, 5) is 0. The van der Waals surface area contributed by atoms with Gasteiger partial charge in [-0.05, 0) is 37.8 Å². The molecule has 2 aliphatic heterocycles. The van der Waals surface area contributed by atoms with E-state index >= 15 is 0 Å². The second kappa shape index (κ2) is 8.97. The molecule has 33 heavy (non-hydrogen) atoms. The Hall–Kier alpha value is -2.02. The molecular weight excluding hydrogens is 416 g/mol. The van der Waals surface area contributed by atoms with Gasteiger partial charge in [0.05, 0.1) is 19.8 Å². The summed E-state index contributed by atoms with van der Waals surface area (Å²) < 4.78 is 32.3. The lowest BCUT2D eigenvalue weighted by Crippen LogP contribution is -2.59. The molecule has 2 heterocycles. The molecule has 5 nitrogen and oxygen atoms in total. The number of rotatable bonds is 8. The maximum absolute atomic E-state index is 6.80. The first-order valence-electron chi connectivity index (χ1n) is 11.9. The Morgan fingerprint density at radius 1 is 0.788 bits per heavy atom. The Morgan fingerprint density at radius 2 is 1.39 bits per heavy atom. The van der Waals surface area contributed by atoms with Crippen LogP contribution >= 0.6 is 0 Å². The molecule has 0 radical (unpaired) electrons. The van der Waals surface area contributed by atoms with Crippen LogP contribution in [0, 0.1) is 5.41 Å². The average molecular weight is 451 g/mol. The van der Waals surface area contributed by atoms with Gasteiger partial charge in [-0.15, -0.1) is 0 Å². The minimum Gasteiger partial charge on any atom is -0.374 e. The van der Waals surface area contributed by atoms with E-state index in [-0.39, 0.29) is 17.6 Å². The maximum atomic E-state index is 6.80. The van der Waals surface area contributed by atoms with Crippen LogP contribution < -0.4 is 0 Å². The number of fused-ring (bicyclic) bond motifs is 1. The minimum atomic E-state index is -0.713. The van der Waals surface area contributed by atoms with E-state index in [4.69, 9.17) is 23.7 Å². The molecule has 5 rings (SSSR count). The molecule has 3 aliphatic rings. The highest BCUT2D eigenvalue weighted by atomic mass is 16.8. The van der Waals surface area contributed by atoms with E-state index in [2.05, 4.69) is 43.3 Å². The molecule has 2 saturated heterocycles. The normalized spacial score (nSPS) is 31.7. The largest absolute Gasteiger partial charge is 0.374 e. The first kappa shape index (κ1) is 22.8. The molecule has 0 spiro atoms. The Labute approximate surface area is 196 Å². The molecule has 0 bridgehead atoms. The third kappa shape index (κ3) is 4.41. The van der Waals surface area contributed by atoms with Crippen LogP contribution in [0.25, 0.3) is 0 Å². The van der Waals surface area contributed by atoms with E-state index in [1.165, 1.54) is 0 Å². The lowest BCUT2D eigenvalue weighted by molar-refractivity contribution is -0.281. The predicted octanol–water partition coefficient (Wildman–Crippen LogP) is 5.39. The van der Waals surface area contributed by atoms with Crippen LogP contribution in [0.5, 0.6) is 0 Å². The van der Waals surface area contributed by atoms with E-state index in [1.54, 1.807) is 0 Å². The summed E-state index contributed by atoms with van der Waals surface area (Å²) in [6.45, 7) is 7.52. The van der Waals surface area contributed by atoms with Crippen molar-refractivity contribution in [3.05, 3.63) is 83.9 Å². The van der Waals surface area contributed by atoms with E-state index in [1.807, 2.05) is 50.2 Å². The summed E-state index contributed by atoms with van der Waals surface area (Å²) in [5, 5.41) is 0. The van der Waals surface area contributed by atoms with Crippen molar-refractivity contribution in [1.29, 1.82) is 0 Å². The van der Waals surface area contributed by atoms with Crippen molar-refractivity contribution in [1.82, 2.24) is 0 Å². The number of allylic oxidation sites excluding steroid dienone is 2. The highest BCUT2D eigenvalue weighted by Gasteiger charge is 2.68. The Morgan fingerprint density at radius 3 is 2.03 bits per heavy atom. The van der Waals surface area contributed by atoms with Crippen LogP contribution in [0.2, 0.25) is 0 Å². The van der Waals surface area contributed by atoms with Gasteiger partial charge < -0.3 is 23.7 Å². The monoisotopic (exact) mass is 450 g/mol. The summed E-state index contributed by atoms with van der Waals surface area (Å²) >= 11 is 0. The molecule has 2 fully saturated rings. The molecule has 176 valence electrons. The van der Waals surface area contributed by atoms with Gasteiger partial charge in [-0.2, -0.15) is 0 Å². The fraction of sp³-hybridized carbons (Fsp3) is 0.500. The third-order valence-electron chi connectivity index (χ3n) is 7.20. The molecule has 0 N–H and O–H groups in total. The topological polar surface area (TPSA) is 46.2 Å². The highest BCUT2D eigenvalue weighted by molar-refractivity contribution is 5.20. The van der Waals surface area contributed by atoms with Gasteiger partial charge in [0.2, 0.25) is 0 Å². The molecule has 0 saturated carbocycles. The second-order valence-corrected chi connectivity index (χ2v) is 10.1. The van der Waals surface area contributed by atoms with Crippen molar-refractivity contribution in [2.24, 2.45) is 5.41 Å². The molecular formula is C28H34O5. The zero-order chi connectivity index (χ0) is 22.9. The van der Waals surface area contributed by atoms with Gasteiger partial charge in [0.15, 0.2) is 12.1 Å². The van der Waals surface area contributed by atoms with E-state index in [0.29, 0.717) is 19.8 Å². The number of ether oxygens (including phenoxy) is 5. The van der Waals surface area contributed by atoms with Crippen LogP contribution in [0.15, 0.2) is 72.8 Å². The average Bonchev–Trinajstić information content (AvgIpc) is 3.46. The lowest BCUT2D eigenvalue weighted by atomic mass is 9.68. The molecule has 5 heteroatoms. The Balaban J connectivity index is 1.43. The Bertz CT molecular complexity index is 949. The molecule has 2 aromatic rings. The van der Waals surface area contributed by atoms with Gasteiger partial charge in [-0.1, -0.05) is 79.7 Å². The van der Waals surface area contributed by atoms with Gasteiger partial charge in [0, 0.05) is 5.41 Å². The molecule has 4 atom stereocenters. The van der Waals surface area contributed by atoms with E-state index in [0.717, 1.165) is 24.0 Å². The molecule has 3 unspecified atom stereocenters. The van der Waals surface area contributed by atoms with Crippen molar-refractivity contribution in [2.75, 3.05) is 6.61 Å². The SMILES string of the molecule is CC1(C)OC2O[C@@](COCc3ccccc3)(C3(C)CC=CC3)C(OCc3ccccc3)C2O1. The zero-order valence-corrected chi connectivity index (χ0v) is 19.7. The van der Waals surface area contributed by atoms with Crippen molar-refractivity contribution >= 4 is 0 Å². The standard InChI is InChI=1S/C28H34O5/c1-26(2)31-23-24(30-19-22-14-8-5-9-15-22)28(33-25(23)32-26,27(3)16-10-11-17-27)20-29-18-21-12-6-4-7-13-21/h4-15,23-25H,16-20H2,1-3H3/t23?,24?,25?,28-/m1/s1. The first-order valence-corrected chi connectivity index (χ1v) is 11.9. The number of benzene rings is 2. The Kier molecular flexibility index (Phi) is 6.19. The van der Waals surface area contributed by atoms with Crippen molar-refractivity contribution in [3.8, 4) is 0 Å². The summed E-state index contributed by atoms with van der Waals surface area (Å²) in [5.74, 6) is -0.713. The van der Waals surface area contributed by atoms with Crippen LogP contribution in [-0.2, 0) is 36.9 Å².